The Balaban J connectivity index is 1.90. The van der Waals surface area contributed by atoms with Crippen molar-refractivity contribution in [2.24, 2.45) is 0 Å². The molecule has 0 spiro atoms. The minimum atomic E-state index is 0.249. The van der Waals surface area contributed by atoms with Crippen LogP contribution < -0.4 is 0 Å². The van der Waals surface area contributed by atoms with Gasteiger partial charge in [0.2, 0.25) is 0 Å². The van der Waals surface area contributed by atoms with Crippen LogP contribution in [0, 0.1) is 0 Å². The summed E-state index contributed by atoms with van der Waals surface area (Å²) in [5.41, 5.74) is 1.20. The van der Waals surface area contributed by atoms with Crippen molar-refractivity contribution in [2.75, 3.05) is 13.2 Å². The second-order valence-electron chi connectivity index (χ2n) is 4.16. The molecule has 0 amide bonds. The zero-order valence-corrected chi connectivity index (χ0v) is 9.93. The van der Waals surface area contributed by atoms with Gasteiger partial charge in [0.1, 0.15) is 0 Å². The van der Waals surface area contributed by atoms with Crippen LogP contribution in [0.3, 0.4) is 0 Å². The first-order chi connectivity index (χ1) is 8.40. The molecule has 90 valence electrons. The number of hydrogen-bond donors (Lipinski definition) is 1. The molecule has 17 heavy (non-hydrogen) atoms. The van der Waals surface area contributed by atoms with Crippen molar-refractivity contribution in [2.45, 2.75) is 19.4 Å². The van der Waals surface area contributed by atoms with Gasteiger partial charge in [-0.2, -0.15) is 0 Å². The van der Waals surface area contributed by atoms with Gasteiger partial charge in [-0.1, -0.05) is 36.4 Å². The first-order valence-electron chi connectivity index (χ1n) is 6.06. The second kappa shape index (κ2) is 6.38. The van der Waals surface area contributed by atoms with Crippen LogP contribution in [0.15, 0.2) is 42.5 Å². The van der Waals surface area contributed by atoms with Crippen LogP contribution in [0.2, 0.25) is 0 Å². The van der Waals surface area contributed by atoms with Gasteiger partial charge in [0, 0.05) is 13.2 Å². The highest BCUT2D eigenvalue weighted by Gasteiger charge is 1.96. The fourth-order valence-corrected chi connectivity index (χ4v) is 1.83. The van der Waals surface area contributed by atoms with Gasteiger partial charge in [-0.15, -0.1) is 0 Å². The van der Waals surface area contributed by atoms with Crippen LogP contribution in [0.5, 0.6) is 0 Å². The van der Waals surface area contributed by atoms with Gasteiger partial charge < -0.3 is 9.84 Å². The van der Waals surface area contributed by atoms with E-state index in [1.165, 1.54) is 16.3 Å². The van der Waals surface area contributed by atoms with E-state index in [2.05, 4.69) is 30.3 Å². The van der Waals surface area contributed by atoms with Gasteiger partial charge in [0.25, 0.3) is 0 Å². The number of benzene rings is 2. The summed E-state index contributed by atoms with van der Waals surface area (Å²) in [5.74, 6) is 0. The monoisotopic (exact) mass is 230 g/mol. The summed E-state index contributed by atoms with van der Waals surface area (Å²) in [4.78, 5) is 0. The maximum atomic E-state index is 8.65. The van der Waals surface area contributed by atoms with E-state index < -0.39 is 0 Å². The topological polar surface area (TPSA) is 29.5 Å². The van der Waals surface area contributed by atoms with Crippen LogP contribution in [0.25, 0.3) is 10.8 Å². The van der Waals surface area contributed by atoms with Gasteiger partial charge in [-0.05, 0) is 35.2 Å². The number of unbranched alkanes of at least 4 members (excludes halogenated alkanes) is 1. The molecular weight excluding hydrogens is 212 g/mol. The average Bonchev–Trinajstić information content (AvgIpc) is 2.38. The number of aliphatic hydroxyl groups is 1. The molecule has 1 N–H and O–H groups in total. The van der Waals surface area contributed by atoms with E-state index in [-0.39, 0.29) is 6.61 Å². The number of ether oxygens (including phenoxy) is 1. The molecule has 0 radical (unpaired) electrons. The zero-order valence-electron chi connectivity index (χ0n) is 9.93. The number of hydrogen-bond acceptors (Lipinski definition) is 2. The molecule has 2 aromatic rings. The summed E-state index contributed by atoms with van der Waals surface area (Å²) < 4.78 is 5.56. The molecule has 2 heteroatoms. The smallest absolute Gasteiger partial charge is 0.0717 e. The Hall–Kier alpha value is -1.38. The maximum absolute atomic E-state index is 8.65. The number of aliphatic hydroxyl groups excluding tert-OH is 1. The first kappa shape index (κ1) is 12.1. The summed E-state index contributed by atoms with van der Waals surface area (Å²) >= 11 is 0. The Morgan fingerprint density at radius 3 is 2.59 bits per heavy atom. The van der Waals surface area contributed by atoms with Crippen molar-refractivity contribution in [3.63, 3.8) is 0 Å². The van der Waals surface area contributed by atoms with Crippen molar-refractivity contribution in [3.05, 3.63) is 48.0 Å². The molecule has 0 aliphatic carbocycles. The van der Waals surface area contributed by atoms with Crippen molar-refractivity contribution in [3.8, 4) is 0 Å². The van der Waals surface area contributed by atoms with Crippen molar-refractivity contribution in [1.29, 1.82) is 0 Å². The molecule has 0 saturated heterocycles. The lowest BCUT2D eigenvalue weighted by Crippen LogP contribution is -1.96. The Bertz CT molecular complexity index is 465. The molecule has 0 fully saturated rings. The van der Waals surface area contributed by atoms with E-state index in [0.29, 0.717) is 13.2 Å². The van der Waals surface area contributed by atoms with Crippen LogP contribution in [-0.4, -0.2) is 18.3 Å². The SMILES string of the molecule is OCCCCOCc1ccc2ccccc2c1. The Kier molecular flexibility index (Phi) is 4.54. The molecule has 0 aromatic heterocycles. The Morgan fingerprint density at radius 2 is 1.76 bits per heavy atom. The lowest BCUT2D eigenvalue weighted by atomic mass is 10.1. The van der Waals surface area contributed by atoms with Gasteiger partial charge in [-0.3, -0.25) is 0 Å². The molecule has 0 bridgehead atoms. The van der Waals surface area contributed by atoms with Crippen molar-refractivity contribution in [1.82, 2.24) is 0 Å². The highest BCUT2D eigenvalue weighted by Crippen LogP contribution is 2.16. The van der Waals surface area contributed by atoms with Crippen LogP contribution in [0.1, 0.15) is 18.4 Å². The third kappa shape index (κ3) is 3.55. The molecule has 0 atom stereocenters. The van der Waals surface area contributed by atoms with Gasteiger partial charge in [-0.25, -0.2) is 0 Å². The first-order valence-corrected chi connectivity index (χ1v) is 6.06. The largest absolute Gasteiger partial charge is 0.396 e. The summed E-state index contributed by atoms with van der Waals surface area (Å²) in [5, 5.41) is 11.2. The molecule has 2 nitrogen and oxygen atoms in total. The minimum Gasteiger partial charge on any atom is -0.396 e. The predicted molar refractivity (Wildman–Crippen MR) is 69.9 cm³/mol. The third-order valence-electron chi connectivity index (χ3n) is 2.78. The van der Waals surface area contributed by atoms with Gasteiger partial charge in [0.05, 0.1) is 6.61 Å². The average molecular weight is 230 g/mol. The summed E-state index contributed by atoms with van der Waals surface area (Å²) in [7, 11) is 0. The van der Waals surface area contributed by atoms with E-state index in [1.54, 1.807) is 0 Å². The van der Waals surface area contributed by atoms with E-state index in [0.717, 1.165) is 12.8 Å². The highest BCUT2D eigenvalue weighted by atomic mass is 16.5. The number of fused-ring (bicyclic) bond motifs is 1. The van der Waals surface area contributed by atoms with E-state index in [4.69, 9.17) is 9.84 Å². The van der Waals surface area contributed by atoms with Gasteiger partial charge in [0.15, 0.2) is 0 Å². The van der Waals surface area contributed by atoms with Crippen LogP contribution in [0.4, 0.5) is 0 Å². The van der Waals surface area contributed by atoms with E-state index in [1.807, 2.05) is 12.1 Å². The summed E-state index contributed by atoms with van der Waals surface area (Å²) in [6.45, 7) is 1.61. The zero-order chi connectivity index (χ0) is 11.9. The van der Waals surface area contributed by atoms with Gasteiger partial charge >= 0.3 is 0 Å². The molecule has 0 saturated carbocycles. The van der Waals surface area contributed by atoms with Crippen LogP contribution >= 0.6 is 0 Å². The van der Waals surface area contributed by atoms with Crippen LogP contribution in [-0.2, 0) is 11.3 Å². The molecular formula is C15H18O2. The normalized spacial score (nSPS) is 10.9. The maximum Gasteiger partial charge on any atom is 0.0717 e. The minimum absolute atomic E-state index is 0.249. The molecule has 2 rings (SSSR count). The highest BCUT2D eigenvalue weighted by molar-refractivity contribution is 5.82. The fourth-order valence-electron chi connectivity index (χ4n) is 1.83. The summed E-state index contributed by atoms with van der Waals surface area (Å²) in [6, 6.07) is 14.7. The molecule has 0 unspecified atom stereocenters. The quantitative estimate of drug-likeness (QED) is 0.772. The summed E-state index contributed by atoms with van der Waals surface area (Å²) in [6.07, 6.45) is 1.74. The fraction of sp³-hybridized carbons (Fsp3) is 0.333. The standard InChI is InChI=1S/C15H18O2/c16-9-3-4-10-17-12-13-7-8-14-5-1-2-6-15(14)11-13/h1-2,5-8,11,16H,3-4,9-10,12H2. The molecule has 0 heterocycles. The molecule has 0 aliphatic rings. The van der Waals surface area contributed by atoms with E-state index in [9.17, 15) is 0 Å². The van der Waals surface area contributed by atoms with Crippen molar-refractivity contribution >= 4 is 10.8 Å². The second-order valence-corrected chi connectivity index (χ2v) is 4.16. The number of rotatable bonds is 6. The lowest BCUT2D eigenvalue weighted by Gasteiger charge is -2.05. The molecule has 0 aliphatic heterocycles. The molecule has 2 aromatic carbocycles. The van der Waals surface area contributed by atoms with Crippen molar-refractivity contribution < 1.29 is 9.84 Å². The van der Waals surface area contributed by atoms with E-state index >= 15 is 0 Å². The lowest BCUT2D eigenvalue weighted by molar-refractivity contribution is 0.112. The Labute approximate surface area is 102 Å². The predicted octanol–water partition coefficient (Wildman–Crippen LogP) is 3.13. The third-order valence-corrected chi connectivity index (χ3v) is 2.78. The Morgan fingerprint density at radius 1 is 0.941 bits per heavy atom.